The van der Waals surface area contributed by atoms with E-state index in [2.05, 4.69) is 41.7 Å². The second kappa shape index (κ2) is 11.0. The fourth-order valence-electron chi connectivity index (χ4n) is 4.62. The van der Waals surface area contributed by atoms with Crippen molar-refractivity contribution in [2.24, 2.45) is 0 Å². The van der Waals surface area contributed by atoms with Crippen LogP contribution in [0.3, 0.4) is 0 Å². The van der Waals surface area contributed by atoms with Gasteiger partial charge in [-0.3, -0.25) is 0 Å². The summed E-state index contributed by atoms with van der Waals surface area (Å²) in [5.74, 6) is 5.87. The van der Waals surface area contributed by atoms with E-state index in [-0.39, 0.29) is 17.5 Å². The van der Waals surface area contributed by atoms with Crippen LogP contribution in [0.5, 0.6) is 5.75 Å². The lowest BCUT2D eigenvalue weighted by molar-refractivity contribution is -0.274. The Morgan fingerprint density at radius 2 is 1.63 bits per heavy atom. The van der Waals surface area contributed by atoms with Gasteiger partial charge in [-0.15, -0.1) is 13.2 Å². The standard InChI is InChI=1S/C30H28F4O/c1-2-3-4-5-22-11-17-28(29(31)19-22)26-14-13-24-18-23(8-12-25(24)20-26)7-6-21-9-15-27(16-10-21)35-30(32,33)34/h8-12,15-19,26H,2-5,13-14,20H2,1H3. The third-order valence-electron chi connectivity index (χ3n) is 6.45. The van der Waals surface area contributed by atoms with Crippen molar-refractivity contribution in [3.05, 3.63) is 99.9 Å². The molecule has 182 valence electrons. The molecule has 0 bridgehead atoms. The predicted molar refractivity (Wildman–Crippen MR) is 130 cm³/mol. The molecule has 0 saturated carbocycles. The fourth-order valence-corrected chi connectivity index (χ4v) is 4.62. The molecule has 0 aromatic heterocycles. The lowest BCUT2D eigenvalue weighted by Gasteiger charge is -2.25. The summed E-state index contributed by atoms with van der Waals surface area (Å²) >= 11 is 0. The van der Waals surface area contributed by atoms with Crippen molar-refractivity contribution in [2.45, 2.75) is 64.1 Å². The minimum atomic E-state index is -4.71. The van der Waals surface area contributed by atoms with E-state index in [1.165, 1.54) is 41.8 Å². The van der Waals surface area contributed by atoms with Gasteiger partial charge in [0.1, 0.15) is 11.6 Å². The summed E-state index contributed by atoms with van der Waals surface area (Å²) < 4.78 is 55.6. The molecule has 0 saturated heterocycles. The van der Waals surface area contributed by atoms with Crippen molar-refractivity contribution in [3.63, 3.8) is 0 Å². The van der Waals surface area contributed by atoms with Crippen LogP contribution in [0.25, 0.3) is 0 Å². The van der Waals surface area contributed by atoms with Gasteiger partial charge >= 0.3 is 6.36 Å². The number of unbranched alkanes of at least 4 members (excludes halogenated alkanes) is 2. The molecule has 5 heteroatoms. The van der Waals surface area contributed by atoms with Crippen LogP contribution in [0.15, 0.2) is 60.7 Å². The van der Waals surface area contributed by atoms with Gasteiger partial charge < -0.3 is 4.74 Å². The molecule has 35 heavy (non-hydrogen) atoms. The molecule has 4 rings (SSSR count). The van der Waals surface area contributed by atoms with Crippen molar-refractivity contribution in [3.8, 4) is 17.6 Å². The molecule has 1 nitrogen and oxygen atoms in total. The van der Waals surface area contributed by atoms with Gasteiger partial charge in [0, 0.05) is 11.1 Å². The maximum absolute atomic E-state index is 14.9. The highest BCUT2D eigenvalue weighted by Crippen LogP contribution is 2.34. The van der Waals surface area contributed by atoms with Crippen LogP contribution < -0.4 is 4.74 Å². The van der Waals surface area contributed by atoms with Crippen LogP contribution in [0, 0.1) is 17.7 Å². The van der Waals surface area contributed by atoms with E-state index in [4.69, 9.17) is 0 Å². The highest BCUT2D eigenvalue weighted by Gasteiger charge is 2.31. The summed E-state index contributed by atoms with van der Waals surface area (Å²) in [5, 5.41) is 0. The number of halogens is 4. The van der Waals surface area contributed by atoms with Gasteiger partial charge in [-0.05, 0) is 103 Å². The minimum absolute atomic E-state index is 0.0958. The molecule has 0 spiro atoms. The minimum Gasteiger partial charge on any atom is -0.406 e. The Labute approximate surface area is 204 Å². The average Bonchev–Trinajstić information content (AvgIpc) is 2.82. The lowest BCUT2D eigenvalue weighted by atomic mass is 9.79. The molecule has 1 unspecified atom stereocenters. The van der Waals surface area contributed by atoms with Gasteiger partial charge in [-0.2, -0.15) is 0 Å². The van der Waals surface area contributed by atoms with Crippen molar-refractivity contribution < 1.29 is 22.3 Å². The van der Waals surface area contributed by atoms with Crippen LogP contribution in [0.2, 0.25) is 0 Å². The Kier molecular flexibility index (Phi) is 7.80. The number of ether oxygens (including phenoxy) is 1. The Morgan fingerprint density at radius 1 is 0.886 bits per heavy atom. The monoisotopic (exact) mass is 480 g/mol. The Morgan fingerprint density at radius 3 is 2.34 bits per heavy atom. The summed E-state index contributed by atoms with van der Waals surface area (Å²) in [6.45, 7) is 2.17. The highest BCUT2D eigenvalue weighted by molar-refractivity contribution is 5.48. The SMILES string of the molecule is CCCCCc1ccc(C2CCc3cc(C#Cc4ccc(OC(F)(F)F)cc4)ccc3C2)c(F)c1. The second-order valence-electron chi connectivity index (χ2n) is 9.06. The number of rotatable bonds is 6. The first kappa shape index (κ1) is 24.9. The van der Waals surface area contributed by atoms with E-state index in [1.54, 1.807) is 6.07 Å². The number of benzene rings is 3. The molecule has 1 aliphatic carbocycles. The van der Waals surface area contributed by atoms with E-state index in [9.17, 15) is 17.6 Å². The Balaban J connectivity index is 1.41. The molecule has 0 N–H and O–H groups in total. The number of fused-ring (bicyclic) bond motifs is 1. The van der Waals surface area contributed by atoms with Crippen LogP contribution in [-0.4, -0.2) is 6.36 Å². The van der Waals surface area contributed by atoms with E-state index in [0.29, 0.717) is 5.56 Å². The third-order valence-corrected chi connectivity index (χ3v) is 6.45. The summed E-state index contributed by atoms with van der Waals surface area (Å²) in [4.78, 5) is 0. The average molecular weight is 481 g/mol. The van der Waals surface area contributed by atoms with Crippen molar-refractivity contribution in [1.82, 2.24) is 0 Å². The van der Waals surface area contributed by atoms with Crippen molar-refractivity contribution >= 4 is 0 Å². The first-order chi connectivity index (χ1) is 16.8. The molecule has 0 fully saturated rings. The molecule has 0 radical (unpaired) electrons. The molecule has 1 aliphatic rings. The molecule has 1 atom stereocenters. The number of alkyl halides is 3. The quantitative estimate of drug-likeness (QED) is 0.197. The van der Waals surface area contributed by atoms with Gasteiger partial charge in [0.15, 0.2) is 0 Å². The molecule has 3 aromatic carbocycles. The fraction of sp³-hybridized carbons (Fsp3) is 0.333. The summed E-state index contributed by atoms with van der Waals surface area (Å²) in [6.07, 6.45) is 2.17. The number of hydrogen-bond acceptors (Lipinski definition) is 1. The van der Waals surface area contributed by atoms with Crippen molar-refractivity contribution in [2.75, 3.05) is 0 Å². The highest BCUT2D eigenvalue weighted by atomic mass is 19.4. The summed E-state index contributed by atoms with van der Waals surface area (Å²) in [6, 6.07) is 17.3. The molecule has 0 heterocycles. The largest absolute Gasteiger partial charge is 0.573 e. The van der Waals surface area contributed by atoms with Crippen LogP contribution in [0.4, 0.5) is 17.6 Å². The van der Waals surface area contributed by atoms with Gasteiger partial charge in [-0.1, -0.05) is 49.8 Å². The molecule has 0 amide bonds. The van der Waals surface area contributed by atoms with Gasteiger partial charge in [0.25, 0.3) is 0 Å². The Bertz CT molecular complexity index is 1220. The first-order valence-corrected chi connectivity index (χ1v) is 12.1. The zero-order valence-electron chi connectivity index (χ0n) is 19.7. The molecular formula is C30H28F4O. The summed E-state index contributed by atoms with van der Waals surface area (Å²) in [5.41, 5.74) is 5.76. The Hall–Kier alpha value is -3.26. The zero-order valence-corrected chi connectivity index (χ0v) is 19.7. The second-order valence-corrected chi connectivity index (χ2v) is 9.06. The van der Waals surface area contributed by atoms with E-state index >= 15 is 0 Å². The predicted octanol–water partition coefficient (Wildman–Crippen LogP) is 8.13. The first-order valence-electron chi connectivity index (χ1n) is 12.1. The van der Waals surface area contributed by atoms with Crippen LogP contribution in [0.1, 0.15) is 71.9 Å². The van der Waals surface area contributed by atoms with E-state index in [1.807, 2.05) is 12.1 Å². The van der Waals surface area contributed by atoms with Gasteiger partial charge in [0.05, 0.1) is 0 Å². The molecular weight excluding hydrogens is 452 g/mol. The normalized spacial score (nSPS) is 15.2. The van der Waals surface area contributed by atoms with Gasteiger partial charge in [0.2, 0.25) is 0 Å². The van der Waals surface area contributed by atoms with E-state index in [0.717, 1.165) is 55.2 Å². The zero-order chi connectivity index (χ0) is 24.8. The lowest BCUT2D eigenvalue weighted by Crippen LogP contribution is -2.16. The third kappa shape index (κ3) is 6.88. The van der Waals surface area contributed by atoms with Crippen LogP contribution in [-0.2, 0) is 19.3 Å². The molecule has 3 aromatic rings. The van der Waals surface area contributed by atoms with Gasteiger partial charge in [-0.25, -0.2) is 4.39 Å². The topological polar surface area (TPSA) is 9.23 Å². The smallest absolute Gasteiger partial charge is 0.406 e. The number of aryl methyl sites for hydroxylation is 2. The van der Waals surface area contributed by atoms with Crippen molar-refractivity contribution in [1.29, 1.82) is 0 Å². The van der Waals surface area contributed by atoms with E-state index < -0.39 is 6.36 Å². The maximum atomic E-state index is 14.9. The number of hydrogen-bond donors (Lipinski definition) is 0. The summed E-state index contributed by atoms with van der Waals surface area (Å²) in [7, 11) is 0. The maximum Gasteiger partial charge on any atom is 0.573 e. The molecule has 0 aliphatic heterocycles. The van der Waals surface area contributed by atoms with Crippen LogP contribution >= 0.6 is 0 Å².